The van der Waals surface area contributed by atoms with Crippen molar-refractivity contribution in [1.82, 2.24) is 10.0 Å². The van der Waals surface area contributed by atoms with Gasteiger partial charge in [-0.25, -0.2) is 13.1 Å². The molecular weight excluding hydrogens is 274 g/mol. The molecule has 5 nitrogen and oxygen atoms in total. The van der Waals surface area contributed by atoms with Gasteiger partial charge in [0.25, 0.3) is 0 Å². The molecule has 0 bridgehead atoms. The standard InChI is InChI=1S/C14H17N3O2S/c15-9-13-2-1-3-14(8-13)11-20(18,19)17-10-12-4-6-16-7-5-12/h1-4,8,16-17H,5-7,10-11H2. The monoisotopic (exact) mass is 291 g/mol. The second-order valence-corrected chi connectivity index (χ2v) is 6.52. The van der Waals surface area contributed by atoms with Gasteiger partial charge in [0.2, 0.25) is 10.0 Å². The SMILES string of the molecule is N#Cc1cccc(CS(=O)(=O)NCC2=CCNCC2)c1. The highest BCUT2D eigenvalue weighted by Crippen LogP contribution is 2.09. The Labute approximate surface area is 119 Å². The summed E-state index contributed by atoms with van der Waals surface area (Å²) in [5.74, 6) is -0.103. The Bertz CT molecular complexity index is 645. The summed E-state index contributed by atoms with van der Waals surface area (Å²) in [6.07, 6.45) is 2.88. The molecule has 0 saturated carbocycles. The zero-order valence-electron chi connectivity index (χ0n) is 11.1. The molecule has 0 aromatic heterocycles. The Hall–Kier alpha value is -1.68. The van der Waals surface area contributed by atoms with Crippen molar-refractivity contribution in [2.75, 3.05) is 19.6 Å². The minimum absolute atomic E-state index is 0.103. The summed E-state index contributed by atoms with van der Waals surface area (Å²) in [5, 5.41) is 12.0. The van der Waals surface area contributed by atoms with E-state index in [2.05, 4.69) is 10.0 Å². The molecule has 1 heterocycles. The maximum Gasteiger partial charge on any atom is 0.216 e. The van der Waals surface area contributed by atoms with Crippen LogP contribution in [0.3, 0.4) is 0 Å². The van der Waals surface area contributed by atoms with Crippen LogP contribution in [0.1, 0.15) is 17.5 Å². The van der Waals surface area contributed by atoms with Gasteiger partial charge in [0.05, 0.1) is 17.4 Å². The maximum atomic E-state index is 12.0. The molecule has 1 aliphatic rings. The fourth-order valence-corrected chi connectivity index (χ4v) is 3.16. The van der Waals surface area contributed by atoms with Gasteiger partial charge in [0, 0.05) is 13.1 Å². The van der Waals surface area contributed by atoms with Crippen LogP contribution in [0.15, 0.2) is 35.9 Å². The summed E-state index contributed by atoms with van der Waals surface area (Å²) in [6, 6.07) is 8.67. The molecule has 1 aromatic rings. The van der Waals surface area contributed by atoms with Gasteiger partial charge in [0.1, 0.15) is 0 Å². The van der Waals surface area contributed by atoms with E-state index in [1.54, 1.807) is 24.3 Å². The van der Waals surface area contributed by atoms with E-state index in [1.807, 2.05) is 12.1 Å². The summed E-state index contributed by atoms with van der Waals surface area (Å²) in [5.41, 5.74) is 2.20. The van der Waals surface area contributed by atoms with Gasteiger partial charge in [-0.3, -0.25) is 0 Å². The van der Waals surface area contributed by atoms with Gasteiger partial charge in [0.15, 0.2) is 0 Å². The third-order valence-electron chi connectivity index (χ3n) is 3.09. The molecule has 1 aliphatic heterocycles. The lowest BCUT2D eigenvalue weighted by atomic mass is 10.1. The van der Waals surface area contributed by atoms with E-state index >= 15 is 0 Å². The number of sulfonamides is 1. The minimum Gasteiger partial charge on any atom is -0.313 e. The molecule has 0 atom stereocenters. The van der Waals surface area contributed by atoms with Crippen LogP contribution in [0, 0.1) is 11.3 Å². The molecular formula is C14H17N3O2S. The first kappa shape index (κ1) is 14.7. The van der Waals surface area contributed by atoms with E-state index in [-0.39, 0.29) is 5.75 Å². The van der Waals surface area contributed by atoms with Crippen LogP contribution in [0.25, 0.3) is 0 Å². The zero-order chi connectivity index (χ0) is 14.4. The molecule has 2 rings (SSSR count). The fourth-order valence-electron chi connectivity index (χ4n) is 2.03. The molecule has 106 valence electrons. The van der Waals surface area contributed by atoms with Crippen molar-refractivity contribution < 1.29 is 8.42 Å². The minimum atomic E-state index is -3.38. The Morgan fingerprint density at radius 1 is 1.40 bits per heavy atom. The number of benzene rings is 1. The van der Waals surface area contributed by atoms with Crippen molar-refractivity contribution in [1.29, 1.82) is 5.26 Å². The van der Waals surface area contributed by atoms with Crippen LogP contribution in [0.5, 0.6) is 0 Å². The number of hydrogen-bond donors (Lipinski definition) is 2. The van der Waals surface area contributed by atoms with Gasteiger partial charge in [-0.1, -0.05) is 23.8 Å². The average Bonchev–Trinajstić information content (AvgIpc) is 2.46. The summed E-state index contributed by atoms with van der Waals surface area (Å²) in [6.45, 7) is 2.04. The maximum absolute atomic E-state index is 12.0. The largest absolute Gasteiger partial charge is 0.313 e. The van der Waals surface area contributed by atoms with Gasteiger partial charge in [-0.05, 0) is 30.7 Å². The number of nitrogens with one attached hydrogen (secondary N) is 2. The van der Waals surface area contributed by atoms with Crippen molar-refractivity contribution in [3.05, 3.63) is 47.0 Å². The summed E-state index contributed by atoms with van der Waals surface area (Å²) < 4.78 is 26.6. The van der Waals surface area contributed by atoms with Gasteiger partial charge in [-0.2, -0.15) is 5.26 Å². The first-order valence-corrected chi connectivity index (χ1v) is 8.09. The van der Waals surface area contributed by atoms with Crippen LogP contribution in [0.4, 0.5) is 0 Å². The third kappa shape index (κ3) is 4.46. The molecule has 0 saturated heterocycles. The first-order chi connectivity index (χ1) is 9.59. The zero-order valence-corrected chi connectivity index (χ0v) is 11.9. The highest BCUT2D eigenvalue weighted by molar-refractivity contribution is 7.88. The number of nitriles is 1. The lowest BCUT2D eigenvalue weighted by Crippen LogP contribution is -2.30. The molecule has 0 spiro atoms. The van der Waals surface area contributed by atoms with E-state index in [1.165, 1.54) is 0 Å². The van der Waals surface area contributed by atoms with Crippen molar-refractivity contribution in [3.63, 3.8) is 0 Å². The Morgan fingerprint density at radius 2 is 2.25 bits per heavy atom. The molecule has 1 aromatic carbocycles. The Kier molecular flexibility index (Phi) is 4.90. The van der Waals surface area contributed by atoms with Crippen molar-refractivity contribution in [2.24, 2.45) is 0 Å². The number of nitrogens with zero attached hydrogens (tertiary/aromatic N) is 1. The predicted octanol–water partition coefficient (Wildman–Crippen LogP) is 0.897. The summed E-state index contributed by atoms with van der Waals surface area (Å²) in [7, 11) is -3.38. The van der Waals surface area contributed by atoms with Crippen LogP contribution in [-0.4, -0.2) is 28.1 Å². The van der Waals surface area contributed by atoms with Gasteiger partial charge >= 0.3 is 0 Å². The normalized spacial score (nSPS) is 15.4. The smallest absolute Gasteiger partial charge is 0.216 e. The average molecular weight is 291 g/mol. The van der Waals surface area contributed by atoms with E-state index in [0.717, 1.165) is 25.1 Å². The molecule has 0 unspecified atom stereocenters. The molecule has 20 heavy (non-hydrogen) atoms. The lowest BCUT2D eigenvalue weighted by molar-refractivity contribution is 0.581. The highest BCUT2D eigenvalue weighted by atomic mass is 32.2. The number of rotatable bonds is 5. The molecule has 0 amide bonds. The lowest BCUT2D eigenvalue weighted by Gasteiger charge is -2.14. The second kappa shape index (κ2) is 6.66. The fraction of sp³-hybridized carbons (Fsp3) is 0.357. The van der Waals surface area contributed by atoms with Crippen LogP contribution >= 0.6 is 0 Å². The van der Waals surface area contributed by atoms with Gasteiger partial charge < -0.3 is 5.32 Å². The highest BCUT2D eigenvalue weighted by Gasteiger charge is 2.13. The topological polar surface area (TPSA) is 82.0 Å². The summed E-state index contributed by atoms with van der Waals surface area (Å²) in [4.78, 5) is 0. The molecule has 0 fully saturated rings. The Morgan fingerprint density at radius 3 is 2.95 bits per heavy atom. The summed E-state index contributed by atoms with van der Waals surface area (Å²) >= 11 is 0. The van der Waals surface area contributed by atoms with Crippen molar-refractivity contribution >= 4 is 10.0 Å². The van der Waals surface area contributed by atoms with Gasteiger partial charge in [-0.15, -0.1) is 0 Å². The quantitative estimate of drug-likeness (QED) is 0.790. The molecule has 2 N–H and O–H groups in total. The van der Waals surface area contributed by atoms with Crippen molar-refractivity contribution in [3.8, 4) is 6.07 Å². The van der Waals surface area contributed by atoms with Crippen LogP contribution in [-0.2, 0) is 15.8 Å². The molecule has 6 heteroatoms. The Balaban J connectivity index is 1.96. The van der Waals surface area contributed by atoms with Crippen LogP contribution in [0.2, 0.25) is 0 Å². The molecule has 0 radical (unpaired) electrons. The van der Waals surface area contributed by atoms with E-state index in [9.17, 15) is 8.42 Å². The first-order valence-electron chi connectivity index (χ1n) is 6.44. The van der Waals surface area contributed by atoms with E-state index in [0.29, 0.717) is 17.7 Å². The van der Waals surface area contributed by atoms with E-state index in [4.69, 9.17) is 5.26 Å². The van der Waals surface area contributed by atoms with Crippen LogP contribution < -0.4 is 10.0 Å². The van der Waals surface area contributed by atoms with Crippen molar-refractivity contribution in [2.45, 2.75) is 12.2 Å². The predicted molar refractivity (Wildman–Crippen MR) is 77.4 cm³/mol. The third-order valence-corrected chi connectivity index (χ3v) is 4.39. The van der Waals surface area contributed by atoms with E-state index < -0.39 is 10.0 Å². The number of hydrogen-bond acceptors (Lipinski definition) is 4. The second-order valence-electron chi connectivity index (χ2n) is 4.71. The molecule has 0 aliphatic carbocycles.